The molecule has 0 atom stereocenters. The molecule has 0 heterocycles. The van der Waals surface area contributed by atoms with Crippen LogP contribution in [0.25, 0.3) is 0 Å². The van der Waals surface area contributed by atoms with E-state index in [4.69, 9.17) is 5.26 Å². The van der Waals surface area contributed by atoms with E-state index in [-0.39, 0.29) is 0 Å². The summed E-state index contributed by atoms with van der Waals surface area (Å²) in [6, 6.07) is 0. The van der Waals surface area contributed by atoms with Gasteiger partial charge in [-0.05, 0) is 6.42 Å². The van der Waals surface area contributed by atoms with Crippen LogP contribution in [0.15, 0.2) is 0 Å². The number of nitrogens with zero attached hydrogens (tertiary/aromatic N) is 1. The Balaban J connectivity index is 2.89. The molecule has 0 N–H and O–H groups in total. The Hall–Kier alpha value is -0.710. The van der Waals surface area contributed by atoms with Crippen molar-refractivity contribution in [1.29, 1.82) is 5.26 Å². The van der Waals surface area contributed by atoms with E-state index in [0.29, 0.717) is 6.61 Å². The van der Waals surface area contributed by atoms with Gasteiger partial charge in [-0.25, -0.2) is 0 Å². The van der Waals surface area contributed by atoms with E-state index in [1.54, 1.807) is 6.26 Å². The third-order valence-electron chi connectivity index (χ3n) is 3.41. The molecular formula is C16H31NO. The van der Waals surface area contributed by atoms with Crippen LogP contribution in [0.5, 0.6) is 0 Å². The van der Waals surface area contributed by atoms with E-state index in [1.807, 2.05) is 0 Å². The van der Waals surface area contributed by atoms with E-state index < -0.39 is 0 Å². The van der Waals surface area contributed by atoms with E-state index >= 15 is 0 Å². The lowest BCUT2D eigenvalue weighted by Crippen LogP contribution is -1.88. The van der Waals surface area contributed by atoms with Gasteiger partial charge in [-0.15, -0.1) is 0 Å². The maximum atomic E-state index is 8.19. The van der Waals surface area contributed by atoms with Crippen molar-refractivity contribution in [3.8, 4) is 6.26 Å². The Morgan fingerprint density at radius 2 is 1.06 bits per heavy atom. The molecule has 0 unspecified atom stereocenters. The predicted molar refractivity (Wildman–Crippen MR) is 77.3 cm³/mol. The topological polar surface area (TPSA) is 33.0 Å². The van der Waals surface area contributed by atoms with E-state index in [2.05, 4.69) is 11.7 Å². The van der Waals surface area contributed by atoms with Crippen molar-refractivity contribution in [2.24, 2.45) is 0 Å². The predicted octanol–water partition coefficient (Wildman–Crippen LogP) is 5.58. The van der Waals surface area contributed by atoms with Crippen molar-refractivity contribution < 1.29 is 4.74 Å². The van der Waals surface area contributed by atoms with Crippen LogP contribution in [0, 0.1) is 11.5 Å². The van der Waals surface area contributed by atoms with Gasteiger partial charge < -0.3 is 4.74 Å². The third kappa shape index (κ3) is 15.3. The Kier molecular flexibility index (Phi) is 15.6. The van der Waals surface area contributed by atoms with Crippen LogP contribution in [0.3, 0.4) is 0 Å². The third-order valence-corrected chi connectivity index (χ3v) is 3.41. The van der Waals surface area contributed by atoms with Gasteiger partial charge in [0.05, 0.1) is 0 Å². The Labute approximate surface area is 114 Å². The highest BCUT2D eigenvalue weighted by Crippen LogP contribution is 2.12. The molecule has 2 nitrogen and oxygen atoms in total. The first-order chi connectivity index (χ1) is 8.91. The van der Waals surface area contributed by atoms with Crippen molar-refractivity contribution in [3.05, 3.63) is 0 Å². The second-order valence-corrected chi connectivity index (χ2v) is 5.18. The summed E-state index contributed by atoms with van der Waals surface area (Å²) in [4.78, 5) is 0. The fourth-order valence-electron chi connectivity index (χ4n) is 2.24. The molecule has 0 rings (SSSR count). The van der Waals surface area contributed by atoms with Crippen LogP contribution in [0.4, 0.5) is 0 Å². The van der Waals surface area contributed by atoms with Gasteiger partial charge in [-0.2, -0.15) is 5.26 Å². The summed E-state index contributed by atoms with van der Waals surface area (Å²) < 4.78 is 4.64. The summed E-state index contributed by atoms with van der Waals surface area (Å²) in [5.41, 5.74) is 0. The largest absolute Gasteiger partial charge is 0.428 e. The number of unbranched alkanes of at least 4 members (excludes halogenated alkanes) is 12. The molecule has 2 heteroatoms. The summed E-state index contributed by atoms with van der Waals surface area (Å²) in [5, 5.41) is 8.19. The molecule has 0 aromatic rings. The van der Waals surface area contributed by atoms with Gasteiger partial charge in [-0.3, -0.25) is 0 Å². The van der Waals surface area contributed by atoms with Crippen molar-refractivity contribution in [2.75, 3.05) is 6.61 Å². The first-order valence-corrected chi connectivity index (χ1v) is 7.92. The number of hydrogen-bond acceptors (Lipinski definition) is 2. The molecule has 0 aliphatic heterocycles. The zero-order chi connectivity index (χ0) is 13.3. The summed E-state index contributed by atoms with van der Waals surface area (Å²) in [6.07, 6.45) is 19.3. The smallest absolute Gasteiger partial charge is 0.286 e. The molecule has 106 valence electrons. The van der Waals surface area contributed by atoms with Gasteiger partial charge in [0.1, 0.15) is 6.61 Å². The Morgan fingerprint density at radius 1 is 0.667 bits per heavy atom. The molecule has 18 heavy (non-hydrogen) atoms. The molecule has 0 spiro atoms. The zero-order valence-electron chi connectivity index (χ0n) is 12.3. The molecule has 0 aliphatic rings. The lowest BCUT2D eigenvalue weighted by atomic mass is 10.0. The van der Waals surface area contributed by atoms with Gasteiger partial charge in [0.25, 0.3) is 6.26 Å². The molecule has 0 aromatic carbocycles. The lowest BCUT2D eigenvalue weighted by molar-refractivity contribution is 0.260. The summed E-state index contributed by atoms with van der Waals surface area (Å²) in [6.45, 7) is 2.88. The van der Waals surface area contributed by atoms with Crippen molar-refractivity contribution in [3.63, 3.8) is 0 Å². The summed E-state index contributed by atoms with van der Waals surface area (Å²) in [7, 11) is 0. The molecular weight excluding hydrogens is 222 g/mol. The second-order valence-electron chi connectivity index (χ2n) is 5.18. The molecule has 0 amide bonds. The number of hydrogen-bond donors (Lipinski definition) is 0. The van der Waals surface area contributed by atoms with Crippen LogP contribution in [-0.2, 0) is 4.74 Å². The SMILES string of the molecule is CCCCCCCCCCCCCCCOC#N. The van der Waals surface area contributed by atoms with Gasteiger partial charge in [0.2, 0.25) is 0 Å². The molecule has 0 radical (unpaired) electrons. The van der Waals surface area contributed by atoms with E-state index in [9.17, 15) is 0 Å². The number of rotatable bonds is 14. The zero-order valence-corrected chi connectivity index (χ0v) is 12.3. The average molecular weight is 253 g/mol. The van der Waals surface area contributed by atoms with Crippen LogP contribution >= 0.6 is 0 Å². The van der Waals surface area contributed by atoms with Gasteiger partial charge in [0, 0.05) is 0 Å². The van der Waals surface area contributed by atoms with Crippen molar-refractivity contribution in [2.45, 2.75) is 90.4 Å². The quantitative estimate of drug-likeness (QED) is 0.299. The first-order valence-electron chi connectivity index (χ1n) is 7.92. The normalized spacial score (nSPS) is 10.2. The minimum Gasteiger partial charge on any atom is -0.428 e. The fourth-order valence-corrected chi connectivity index (χ4v) is 2.24. The van der Waals surface area contributed by atoms with Crippen LogP contribution in [0.1, 0.15) is 90.4 Å². The van der Waals surface area contributed by atoms with Crippen molar-refractivity contribution >= 4 is 0 Å². The van der Waals surface area contributed by atoms with E-state index in [1.165, 1.54) is 77.0 Å². The number of nitriles is 1. The maximum Gasteiger partial charge on any atom is 0.286 e. The number of ether oxygens (including phenoxy) is 1. The van der Waals surface area contributed by atoms with Crippen LogP contribution in [-0.4, -0.2) is 6.61 Å². The van der Waals surface area contributed by atoms with Crippen molar-refractivity contribution in [1.82, 2.24) is 0 Å². The highest BCUT2D eigenvalue weighted by atomic mass is 16.5. The van der Waals surface area contributed by atoms with Crippen LogP contribution < -0.4 is 0 Å². The summed E-state index contributed by atoms with van der Waals surface area (Å²) in [5.74, 6) is 0. The molecule has 0 aliphatic carbocycles. The minimum absolute atomic E-state index is 0.605. The highest BCUT2D eigenvalue weighted by molar-refractivity contribution is 4.50. The van der Waals surface area contributed by atoms with Crippen LogP contribution in [0.2, 0.25) is 0 Å². The molecule has 0 saturated heterocycles. The Morgan fingerprint density at radius 3 is 1.44 bits per heavy atom. The van der Waals surface area contributed by atoms with E-state index in [0.717, 1.165) is 6.42 Å². The molecule has 0 saturated carbocycles. The van der Waals surface area contributed by atoms with Gasteiger partial charge in [-0.1, -0.05) is 84.0 Å². The van der Waals surface area contributed by atoms with Gasteiger partial charge in [0.15, 0.2) is 0 Å². The highest BCUT2D eigenvalue weighted by Gasteiger charge is 1.93. The average Bonchev–Trinajstić information content (AvgIpc) is 2.39. The standard InChI is InChI=1S/C16H31NO/c1-2-3-4-5-6-7-8-9-10-11-12-13-14-15-18-16-17/h2-15H2,1H3. The second kappa shape index (κ2) is 16.3. The Bertz CT molecular complexity index is 186. The first kappa shape index (κ1) is 17.3. The van der Waals surface area contributed by atoms with Gasteiger partial charge >= 0.3 is 0 Å². The minimum atomic E-state index is 0.605. The molecule has 0 bridgehead atoms. The molecule has 0 aromatic heterocycles. The fraction of sp³-hybridized carbons (Fsp3) is 0.938. The maximum absolute atomic E-state index is 8.19. The summed E-state index contributed by atoms with van der Waals surface area (Å²) >= 11 is 0. The lowest BCUT2D eigenvalue weighted by Gasteiger charge is -2.02. The molecule has 0 fully saturated rings. The monoisotopic (exact) mass is 253 g/mol.